The largest absolute Gasteiger partial charge is 0.481 e. The van der Waals surface area contributed by atoms with Gasteiger partial charge in [0.2, 0.25) is 5.91 Å². The van der Waals surface area contributed by atoms with Crippen LogP contribution >= 0.6 is 0 Å². The van der Waals surface area contributed by atoms with Gasteiger partial charge < -0.3 is 15.1 Å². The zero-order valence-electron chi connectivity index (χ0n) is 11.9. The Morgan fingerprint density at radius 2 is 1.58 bits per heavy atom. The summed E-state index contributed by atoms with van der Waals surface area (Å²) in [5, 5.41) is 17.4. The third kappa shape index (κ3) is 10.5. The number of hydrogen-bond acceptors (Lipinski definition) is 3. The number of aliphatic hydroxyl groups is 1. The number of hydrogen-bond donors (Lipinski definition) is 2. The lowest BCUT2D eigenvalue weighted by molar-refractivity contribution is -0.141. The van der Waals surface area contributed by atoms with Crippen molar-refractivity contribution < 1.29 is 19.8 Å². The van der Waals surface area contributed by atoms with Gasteiger partial charge in [-0.25, -0.2) is 0 Å². The highest BCUT2D eigenvalue weighted by Gasteiger charge is 2.13. The molecule has 2 N–H and O–H groups in total. The van der Waals surface area contributed by atoms with Gasteiger partial charge in [-0.1, -0.05) is 32.6 Å². The molecular formula is C14H27NO4. The van der Waals surface area contributed by atoms with Gasteiger partial charge >= 0.3 is 5.97 Å². The lowest BCUT2D eigenvalue weighted by Crippen LogP contribution is -2.33. The predicted octanol–water partition coefficient (Wildman–Crippen LogP) is 2.03. The number of rotatable bonds is 12. The summed E-state index contributed by atoms with van der Waals surface area (Å²) in [5.74, 6) is -1.07. The third-order valence-electron chi connectivity index (χ3n) is 3.02. The van der Waals surface area contributed by atoms with Crippen LogP contribution in [0, 0.1) is 0 Å². The first kappa shape index (κ1) is 17.9. The zero-order chi connectivity index (χ0) is 14.5. The molecule has 0 aromatic carbocycles. The van der Waals surface area contributed by atoms with Crippen LogP contribution in [-0.2, 0) is 9.59 Å². The maximum Gasteiger partial charge on any atom is 0.303 e. The second-order valence-corrected chi connectivity index (χ2v) is 4.77. The predicted molar refractivity (Wildman–Crippen MR) is 73.9 cm³/mol. The van der Waals surface area contributed by atoms with Crippen molar-refractivity contribution in [3.05, 3.63) is 0 Å². The quantitative estimate of drug-likeness (QED) is 0.533. The number of amides is 1. The number of aliphatic carboxylic acids is 1. The summed E-state index contributed by atoms with van der Waals surface area (Å²) in [6.07, 6.45) is 6.09. The standard InChI is InChI=1S/C14H27NO4/c1-2-3-4-5-6-10-15(11-7-12-16)13(17)8-9-14(18)19/h16H,2-12H2,1H3,(H,18,19). The molecule has 0 fully saturated rings. The number of carboxylic acid groups (broad SMARTS) is 1. The van der Waals surface area contributed by atoms with E-state index in [1.807, 2.05) is 0 Å². The summed E-state index contributed by atoms with van der Waals surface area (Å²) in [6.45, 7) is 3.40. The SMILES string of the molecule is CCCCCCCN(CCCO)C(=O)CCC(=O)O. The van der Waals surface area contributed by atoms with E-state index >= 15 is 0 Å². The van der Waals surface area contributed by atoms with Crippen LogP contribution in [0.3, 0.4) is 0 Å². The molecule has 0 heterocycles. The van der Waals surface area contributed by atoms with Crippen LogP contribution in [0.15, 0.2) is 0 Å². The normalized spacial score (nSPS) is 10.4. The van der Waals surface area contributed by atoms with Crippen molar-refractivity contribution in [1.82, 2.24) is 4.90 Å². The fourth-order valence-corrected chi connectivity index (χ4v) is 1.90. The van der Waals surface area contributed by atoms with Gasteiger partial charge in [-0.3, -0.25) is 9.59 Å². The summed E-state index contributed by atoms with van der Waals surface area (Å²) in [7, 11) is 0. The number of carbonyl (C=O) groups excluding carboxylic acids is 1. The molecule has 0 radical (unpaired) electrons. The van der Waals surface area contributed by atoms with Crippen molar-refractivity contribution in [2.24, 2.45) is 0 Å². The molecule has 0 aromatic rings. The molecule has 112 valence electrons. The molecule has 0 spiro atoms. The smallest absolute Gasteiger partial charge is 0.303 e. The van der Waals surface area contributed by atoms with E-state index in [9.17, 15) is 9.59 Å². The van der Waals surface area contributed by atoms with Crippen LogP contribution in [0.4, 0.5) is 0 Å². The van der Waals surface area contributed by atoms with Gasteiger partial charge in [0, 0.05) is 26.1 Å². The van der Waals surface area contributed by atoms with Crippen LogP contribution in [-0.4, -0.2) is 46.7 Å². The van der Waals surface area contributed by atoms with E-state index in [2.05, 4.69) is 6.92 Å². The van der Waals surface area contributed by atoms with Gasteiger partial charge in [0.15, 0.2) is 0 Å². The molecule has 0 aliphatic carbocycles. The van der Waals surface area contributed by atoms with Crippen molar-refractivity contribution in [2.45, 2.75) is 58.3 Å². The molecule has 0 bridgehead atoms. The van der Waals surface area contributed by atoms with Crippen LogP contribution in [0.5, 0.6) is 0 Å². The zero-order valence-corrected chi connectivity index (χ0v) is 11.9. The molecule has 0 saturated carbocycles. The number of nitrogens with zero attached hydrogens (tertiary/aromatic N) is 1. The van der Waals surface area contributed by atoms with E-state index < -0.39 is 5.97 Å². The van der Waals surface area contributed by atoms with Gasteiger partial charge in [-0.15, -0.1) is 0 Å². The summed E-state index contributed by atoms with van der Waals surface area (Å²) >= 11 is 0. The van der Waals surface area contributed by atoms with Gasteiger partial charge in [-0.2, -0.15) is 0 Å². The second kappa shape index (κ2) is 12.0. The maximum absolute atomic E-state index is 11.9. The van der Waals surface area contributed by atoms with Gasteiger partial charge in [0.1, 0.15) is 0 Å². The van der Waals surface area contributed by atoms with Crippen molar-refractivity contribution >= 4 is 11.9 Å². The minimum absolute atomic E-state index is 0.0513. The summed E-state index contributed by atoms with van der Waals surface area (Å²) in [6, 6.07) is 0. The highest BCUT2D eigenvalue weighted by atomic mass is 16.4. The molecule has 0 saturated heterocycles. The Labute approximate surface area is 115 Å². The minimum atomic E-state index is -0.946. The molecule has 5 nitrogen and oxygen atoms in total. The monoisotopic (exact) mass is 273 g/mol. The topological polar surface area (TPSA) is 77.8 Å². The van der Waals surface area contributed by atoms with Gasteiger partial charge in [0.05, 0.1) is 6.42 Å². The Hall–Kier alpha value is -1.10. The highest BCUT2D eigenvalue weighted by molar-refractivity contribution is 5.80. The van der Waals surface area contributed by atoms with E-state index in [0.717, 1.165) is 12.8 Å². The Balaban J connectivity index is 3.98. The lowest BCUT2D eigenvalue weighted by atomic mass is 10.1. The molecule has 0 aliphatic heterocycles. The second-order valence-electron chi connectivity index (χ2n) is 4.77. The van der Waals surface area contributed by atoms with Crippen LogP contribution in [0.25, 0.3) is 0 Å². The molecule has 0 aromatic heterocycles. The van der Waals surface area contributed by atoms with Crippen molar-refractivity contribution in [2.75, 3.05) is 19.7 Å². The Bertz CT molecular complexity index is 256. The Morgan fingerprint density at radius 3 is 2.16 bits per heavy atom. The number of carbonyl (C=O) groups is 2. The molecule has 0 aliphatic rings. The Morgan fingerprint density at radius 1 is 0.947 bits per heavy atom. The Kier molecular flexibility index (Phi) is 11.3. The molecule has 19 heavy (non-hydrogen) atoms. The first-order valence-electron chi connectivity index (χ1n) is 7.22. The van der Waals surface area contributed by atoms with E-state index in [4.69, 9.17) is 10.2 Å². The average Bonchev–Trinajstić information content (AvgIpc) is 2.39. The summed E-state index contributed by atoms with van der Waals surface area (Å²) in [5.41, 5.74) is 0. The van der Waals surface area contributed by atoms with Gasteiger partial charge in [0.25, 0.3) is 0 Å². The van der Waals surface area contributed by atoms with E-state index in [0.29, 0.717) is 19.5 Å². The highest BCUT2D eigenvalue weighted by Crippen LogP contribution is 2.06. The molecule has 0 unspecified atom stereocenters. The summed E-state index contributed by atoms with van der Waals surface area (Å²) < 4.78 is 0. The molecule has 0 atom stereocenters. The van der Waals surface area contributed by atoms with Crippen molar-refractivity contribution in [3.8, 4) is 0 Å². The molecular weight excluding hydrogens is 246 g/mol. The number of unbranched alkanes of at least 4 members (excludes halogenated alkanes) is 4. The van der Waals surface area contributed by atoms with Gasteiger partial charge in [-0.05, 0) is 12.8 Å². The van der Waals surface area contributed by atoms with E-state index in [-0.39, 0.29) is 25.4 Å². The van der Waals surface area contributed by atoms with Crippen molar-refractivity contribution in [3.63, 3.8) is 0 Å². The van der Waals surface area contributed by atoms with E-state index in [1.54, 1.807) is 4.90 Å². The number of carboxylic acids is 1. The lowest BCUT2D eigenvalue weighted by Gasteiger charge is -2.22. The average molecular weight is 273 g/mol. The van der Waals surface area contributed by atoms with Crippen molar-refractivity contribution in [1.29, 1.82) is 0 Å². The minimum Gasteiger partial charge on any atom is -0.481 e. The van der Waals surface area contributed by atoms with Crippen LogP contribution in [0.2, 0.25) is 0 Å². The maximum atomic E-state index is 11.9. The first-order valence-corrected chi connectivity index (χ1v) is 7.22. The number of aliphatic hydroxyl groups excluding tert-OH is 1. The van der Waals surface area contributed by atoms with E-state index in [1.165, 1.54) is 19.3 Å². The molecule has 5 heteroatoms. The fraction of sp³-hybridized carbons (Fsp3) is 0.857. The molecule has 1 amide bonds. The first-order chi connectivity index (χ1) is 9.11. The third-order valence-corrected chi connectivity index (χ3v) is 3.02. The summed E-state index contributed by atoms with van der Waals surface area (Å²) in [4.78, 5) is 24.0. The fourth-order valence-electron chi connectivity index (χ4n) is 1.90. The van der Waals surface area contributed by atoms with Crippen LogP contribution in [0.1, 0.15) is 58.3 Å². The molecule has 0 rings (SSSR count). The van der Waals surface area contributed by atoms with Crippen LogP contribution < -0.4 is 0 Å².